The predicted molar refractivity (Wildman–Crippen MR) is 98.8 cm³/mol. The van der Waals surface area contributed by atoms with Crippen molar-refractivity contribution in [1.82, 2.24) is 34.4 Å². The van der Waals surface area contributed by atoms with Crippen molar-refractivity contribution in [3.05, 3.63) is 54.4 Å². The van der Waals surface area contributed by atoms with E-state index in [0.29, 0.717) is 5.92 Å². The lowest BCUT2D eigenvalue weighted by Crippen LogP contribution is -2.42. The lowest BCUT2D eigenvalue weighted by molar-refractivity contribution is 0.184. The van der Waals surface area contributed by atoms with Crippen molar-refractivity contribution >= 4 is 5.65 Å². The van der Waals surface area contributed by atoms with Crippen LogP contribution < -0.4 is 0 Å². The zero-order valence-electron chi connectivity index (χ0n) is 14.7. The maximum Gasteiger partial charge on any atom is 0.155 e. The summed E-state index contributed by atoms with van der Waals surface area (Å²) in [4.78, 5) is 19.7. The van der Waals surface area contributed by atoms with E-state index in [1.54, 1.807) is 10.8 Å². The maximum absolute atomic E-state index is 4.95. The van der Waals surface area contributed by atoms with E-state index in [0.717, 1.165) is 52.9 Å². The zero-order valence-corrected chi connectivity index (χ0v) is 14.7. The van der Waals surface area contributed by atoms with Crippen molar-refractivity contribution in [2.24, 2.45) is 0 Å². The number of rotatable bonds is 3. The van der Waals surface area contributed by atoms with Gasteiger partial charge in [0.2, 0.25) is 0 Å². The predicted octanol–water partition coefficient (Wildman–Crippen LogP) is 2.52. The van der Waals surface area contributed by atoms with Crippen molar-refractivity contribution in [3.8, 4) is 22.6 Å². The van der Waals surface area contributed by atoms with E-state index in [9.17, 15) is 0 Å². The monoisotopic (exact) mass is 345 g/mol. The number of imidazole rings is 1. The van der Waals surface area contributed by atoms with Gasteiger partial charge < -0.3 is 9.88 Å². The number of hydrogen-bond donors (Lipinski definition) is 1. The Morgan fingerprint density at radius 3 is 2.81 bits per heavy atom. The van der Waals surface area contributed by atoms with Crippen LogP contribution in [0.1, 0.15) is 17.4 Å². The summed E-state index contributed by atoms with van der Waals surface area (Å²) >= 11 is 0. The molecule has 1 aliphatic heterocycles. The van der Waals surface area contributed by atoms with Crippen molar-refractivity contribution in [1.29, 1.82) is 0 Å². The number of likely N-dealkylation sites (tertiary alicyclic amines) is 1. The number of nitrogens with one attached hydrogen (secondary N) is 1. The van der Waals surface area contributed by atoms with Crippen LogP contribution in [0.4, 0.5) is 0 Å². The van der Waals surface area contributed by atoms with Gasteiger partial charge >= 0.3 is 0 Å². The van der Waals surface area contributed by atoms with Gasteiger partial charge in [-0.05, 0) is 38.2 Å². The normalized spacial score (nSPS) is 15.5. The highest BCUT2D eigenvalue weighted by molar-refractivity contribution is 5.77. The molecule has 0 aromatic carbocycles. The van der Waals surface area contributed by atoms with E-state index in [4.69, 9.17) is 9.97 Å². The smallest absolute Gasteiger partial charge is 0.155 e. The molecular weight excluding hydrogens is 326 g/mol. The van der Waals surface area contributed by atoms with Gasteiger partial charge in [-0.25, -0.2) is 14.5 Å². The number of H-pyrrole nitrogens is 1. The molecular formula is C19H19N7. The van der Waals surface area contributed by atoms with Gasteiger partial charge in [-0.3, -0.25) is 4.98 Å². The summed E-state index contributed by atoms with van der Waals surface area (Å²) in [6.07, 6.45) is 3.52. The van der Waals surface area contributed by atoms with Crippen LogP contribution in [0.5, 0.6) is 0 Å². The second-order valence-electron chi connectivity index (χ2n) is 6.91. The molecule has 5 rings (SSSR count). The number of nitrogens with zero attached hydrogens (tertiary/aromatic N) is 6. The van der Waals surface area contributed by atoms with Gasteiger partial charge in [0.15, 0.2) is 5.65 Å². The summed E-state index contributed by atoms with van der Waals surface area (Å²) in [7, 11) is 2.13. The molecule has 4 aromatic rings. The minimum atomic E-state index is 0.437. The molecule has 7 heteroatoms. The molecule has 7 nitrogen and oxygen atoms in total. The summed E-state index contributed by atoms with van der Waals surface area (Å²) in [5.74, 6) is 1.46. The van der Waals surface area contributed by atoms with Crippen LogP contribution in [-0.4, -0.2) is 54.6 Å². The first kappa shape index (κ1) is 15.2. The third kappa shape index (κ3) is 2.48. The standard InChI is InChI=1S/C19H19N7/c1-12-4-3-5-15(22-12)18-17(23-19(24-18)14-8-25(2)9-14)13-6-7-16-20-11-21-26(16)10-13/h3-7,10-11,14H,8-9H2,1-2H3,(H,23,24). The first-order chi connectivity index (χ1) is 12.7. The van der Waals surface area contributed by atoms with Crippen molar-refractivity contribution in [2.45, 2.75) is 12.8 Å². The average Bonchev–Trinajstić information content (AvgIpc) is 3.25. The summed E-state index contributed by atoms with van der Waals surface area (Å²) < 4.78 is 1.77. The van der Waals surface area contributed by atoms with Crippen molar-refractivity contribution in [3.63, 3.8) is 0 Å². The molecule has 1 fully saturated rings. The van der Waals surface area contributed by atoms with Crippen LogP contribution in [0.15, 0.2) is 42.9 Å². The Morgan fingerprint density at radius 2 is 2.00 bits per heavy atom. The molecule has 1 saturated heterocycles. The summed E-state index contributed by atoms with van der Waals surface area (Å²) in [5.41, 5.74) is 5.57. The van der Waals surface area contributed by atoms with Gasteiger partial charge in [-0.2, -0.15) is 5.10 Å². The average molecular weight is 345 g/mol. The Labute approximate surface area is 150 Å². The topological polar surface area (TPSA) is 75.0 Å². The SMILES string of the molecule is Cc1cccc(-c2[nH]c(C3CN(C)C3)nc2-c2ccc3ncnn3c2)n1. The molecule has 0 saturated carbocycles. The fourth-order valence-corrected chi connectivity index (χ4v) is 3.49. The molecule has 130 valence electrons. The minimum absolute atomic E-state index is 0.437. The Morgan fingerprint density at radius 1 is 1.12 bits per heavy atom. The largest absolute Gasteiger partial charge is 0.340 e. The molecule has 0 unspecified atom stereocenters. The van der Waals surface area contributed by atoms with Crippen LogP contribution in [0, 0.1) is 6.92 Å². The Kier molecular flexibility index (Phi) is 3.36. The van der Waals surface area contributed by atoms with E-state index >= 15 is 0 Å². The van der Waals surface area contributed by atoms with Crippen LogP contribution in [0.2, 0.25) is 0 Å². The molecule has 0 aliphatic carbocycles. The first-order valence-corrected chi connectivity index (χ1v) is 8.69. The van der Waals surface area contributed by atoms with Crippen molar-refractivity contribution in [2.75, 3.05) is 20.1 Å². The molecule has 0 amide bonds. The number of pyridine rings is 2. The number of likely N-dealkylation sites (N-methyl/N-ethyl adjacent to an activating group) is 1. The fourth-order valence-electron chi connectivity index (χ4n) is 3.49. The van der Waals surface area contributed by atoms with Gasteiger partial charge in [-0.15, -0.1) is 0 Å². The third-order valence-corrected chi connectivity index (χ3v) is 4.86. The van der Waals surface area contributed by atoms with E-state index < -0.39 is 0 Å². The Balaban J connectivity index is 1.66. The number of fused-ring (bicyclic) bond motifs is 1. The van der Waals surface area contributed by atoms with E-state index in [-0.39, 0.29) is 0 Å². The van der Waals surface area contributed by atoms with Gasteiger partial charge in [-0.1, -0.05) is 6.07 Å². The maximum atomic E-state index is 4.95. The second-order valence-corrected chi connectivity index (χ2v) is 6.91. The first-order valence-electron chi connectivity index (χ1n) is 8.69. The van der Waals surface area contributed by atoms with Gasteiger partial charge in [0.1, 0.15) is 12.2 Å². The minimum Gasteiger partial charge on any atom is -0.340 e. The van der Waals surface area contributed by atoms with E-state index in [2.05, 4.69) is 27.0 Å². The molecule has 1 N–H and O–H groups in total. The van der Waals surface area contributed by atoms with E-state index in [1.807, 2.05) is 43.5 Å². The molecule has 0 radical (unpaired) electrons. The lowest BCUT2D eigenvalue weighted by atomic mass is 10.0. The van der Waals surface area contributed by atoms with Crippen LogP contribution >= 0.6 is 0 Å². The number of aromatic nitrogens is 6. The molecule has 5 heterocycles. The highest BCUT2D eigenvalue weighted by atomic mass is 15.3. The zero-order chi connectivity index (χ0) is 17.7. The van der Waals surface area contributed by atoms with Gasteiger partial charge in [0.05, 0.1) is 17.1 Å². The Hall–Kier alpha value is -3.06. The highest BCUT2D eigenvalue weighted by Crippen LogP contribution is 2.33. The lowest BCUT2D eigenvalue weighted by Gasteiger charge is -2.34. The summed E-state index contributed by atoms with van der Waals surface area (Å²) in [5, 5.41) is 4.25. The summed E-state index contributed by atoms with van der Waals surface area (Å²) in [6.45, 7) is 4.05. The number of aromatic amines is 1. The van der Waals surface area contributed by atoms with Gasteiger partial charge in [0, 0.05) is 36.5 Å². The molecule has 0 bridgehead atoms. The van der Waals surface area contributed by atoms with Crippen LogP contribution in [-0.2, 0) is 0 Å². The molecule has 1 aliphatic rings. The van der Waals surface area contributed by atoms with Crippen LogP contribution in [0.25, 0.3) is 28.3 Å². The van der Waals surface area contributed by atoms with E-state index in [1.165, 1.54) is 0 Å². The summed E-state index contributed by atoms with van der Waals surface area (Å²) in [6, 6.07) is 10.1. The molecule has 26 heavy (non-hydrogen) atoms. The fraction of sp³-hybridized carbons (Fsp3) is 0.263. The van der Waals surface area contributed by atoms with Crippen molar-refractivity contribution < 1.29 is 0 Å². The third-order valence-electron chi connectivity index (χ3n) is 4.86. The van der Waals surface area contributed by atoms with Crippen LogP contribution in [0.3, 0.4) is 0 Å². The molecule has 0 spiro atoms. The second kappa shape index (κ2) is 5.74. The Bertz CT molecular complexity index is 1090. The quantitative estimate of drug-likeness (QED) is 0.617. The highest BCUT2D eigenvalue weighted by Gasteiger charge is 2.29. The number of aryl methyl sites for hydroxylation is 1. The van der Waals surface area contributed by atoms with Gasteiger partial charge in [0.25, 0.3) is 0 Å². The molecule has 4 aromatic heterocycles. The number of hydrogen-bond acceptors (Lipinski definition) is 5. The molecule has 0 atom stereocenters.